The Bertz CT molecular complexity index is 790. The minimum Gasteiger partial charge on any atom is -0.347 e. The van der Waals surface area contributed by atoms with E-state index in [-0.39, 0.29) is 5.91 Å². The summed E-state index contributed by atoms with van der Waals surface area (Å²) in [4.78, 5) is 17.7. The van der Waals surface area contributed by atoms with Crippen molar-refractivity contribution in [3.8, 4) is 0 Å². The summed E-state index contributed by atoms with van der Waals surface area (Å²) in [7, 11) is 1.85. The first-order chi connectivity index (χ1) is 10.6. The highest BCUT2D eigenvalue weighted by atomic mass is 32.2. The van der Waals surface area contributed by atoms with Gasteiger partial charge in [0.25, 0.3) is 5.91 Å². The van der Waals surface area contributed by atoms with Gasteiger partial charge in [0.05, 0.1) is 0 Å². The molecule has 0 saturated heterocycles. The number of hydrogen-bond acceptors (Lipinski definition) is 4. The maximum absolute atomic E-state index is 12.1. The summed E-state index contributed by atoms with van der Waals surface area (Å²) in [6.45, 7) is 1.99. The van der Waals surface area contributed by atoms with E-state index in [0.717, 1.165) is 20.6 Å². The molecule has 0 fully saturated rings. The van der Waals surface area contributed by atoms with Crippen molar-refractivity contribution < 1.29 is 4.79 Å². The Morgan fingerprint density at radius 3 is 2.64 bits per heavy atom. The van der Waals surface area contributed by atoms with Gasteiger partial charge in [-0.25, -0.2) is 4.98 Å². The van der Waals surface area contributed by atoms with E-state index in [4.69, 9.17) is 0 Å². The first-order valence-corrected chi connectivity index (χ1v) is 8.44. The van der Waals surface area contributed by atoms with Gasteiger partial charge in [0, 0.05) is 34.9 Å². The molecule has 6 heteroatoms. The second-order valence-corrected chi connectivity index (χ2v) is 7.02. The van der Waals surface area contributed by atoms with Crippen LogP contribution in [0, 0.1) is 6.92 Å². The summed E-state index contributed by atoms with van der Waals surface area (Å²) in [5, 5.41) is 4.94. The smallest absolute Gasteiger partial charge is 0.272 e. The van der Waals surface area contributed by atoms with E-state index in [1.54, 1.807) is 33.7 Å². The standard InChI is InChI=1S/C16H15N3OS2/c1-11-10-21-16(17-11)22-13-7-5-12(6-8-13)18-15(20)14-4-3-9-19(14)2/h3-10H,1-2H3,(H,18,20). The third-order valence-electron chi connectivity index (χ3n) is 3.09. The molecule has 3 aromatic rings. The fraction of sp³-hybridized carbons (Fsp3) is 0.125. The van der Waals surface area contributed by atoms with E-state index < -0.39 is 0 Å². The fourth-order valence-corrected chi connectivity index (χ4v) is 3.79. The van der Waals surface area contributed by atoms with E-state index in [2.05, 4.69) is 10.3 Å². The van der Waals surface area contributed by atoms with Gasteiger partial charge in [0.15, 0.2) is 4.34 Å². The summed E-state index contributed by atoms with van der Waals surface area (Å²) >= 11 is 3.27. The number of thiazole rings is 1. The van der Waals surface area contributed by atoms with Crippen molar-refractivity contribution in [3.05, 3.63) is 59.4 Å². The molecule has 0 atom stereocenters. The maximum Gasteiger partial charge on any atom is 0.272 e. The number of carbonyl (C=O) groups excluding carboxylic acids is 1. The molecule has 0 aliphatic carbocycles. The number of aryl methyl sites for hydroxylation is 2. The van der Waals surface area contributed by atoms with Crippen molar-refractivity contribution in [2.45, 2.75) is 16.2 Å². The number of carbonyl (C=O) groups is 1. The molecule has 1 amide bonds. The molecule has 0 bridgehead atoms. The molecule has 0 aliphatic rings. The monoisotopic (exact) mass is 329 g/mol. The summed E-state index contributed by atoms with van der Waals surface area (Å²) < 4.78 is 2.82. The third kappa shape index (κ3) is 3.40. The predicted octanol–water partition coefficient (Wildman–Crippen LogP) is 4.19. The quantitative estimate of drug-likeness (QED) is 0.780. The first kappa shape index (κ1) is 14.9. The molecule has 2 aromatic heterocycles. The van der Waals surface area contributed by atoms with Crippen LogP contribution in [0.4, 0.5) is 5.69 Å². The van der Waals surface area contributed by atoms with Gasteiger partial charge in [0.2, 0.25) is 0 Å². The number of amides is 1. The SMILES string of the molecule is Cc1csc(Sc2ccc(NC(=O)c3cccn3C)cc2)n1. The van der Waals surface area contributed by atoms with Crippen LogP contribution in [0.3, 0.4) is 0 Å². The first-order valence-electron chi connectivity index (χ1n) is 6.74. The van der Waals surface area contributed by atoms with Crippen LogP contribution in [0.2, 0.25) is 0 Å². The predicted molar refractivity (Wildman–Crippen MR) is 90.8 cm³/mol. The lowest BCUT2D eigenvalue weighted by molar-refractivity contribution is 0.101. The van der Waals surface area contributed by atoms with Crippen molar-refractivity contribution in [3.63, 3.8) is 0 Å². The Hall–Kier alpha value is -2.05. The van der Waals surface area contributed by atoms with E-state index in [1.165, 1.54) is 0 Å². The Balaban J connectivity index is 1.66. The van der Waals surface area contributed by atoms with Crippen molar-refractivity contribution in [2.24, 2.45) is 7.05 Å². The molecule has 1 aromatic carbocycles. The van der Waals surface area contributed by atoms with Crippen LogP contribution in [0.1, 0.15) is 16.2 Å². The van der Waals surface area contributed by atoms with Gasteiger partial charge in [-0.3, -0.25) is 4.79 Å². The zero-order valence-electron chi connectivity index (χ0n) is 12.2. The van der Waals surface area contributed by atoms with E-state index in [0.29, 0.717) is 5.69 Å². The average molecular weight is 329 g/mol. The molecular weight excluding hydrogens is 314 g/mol. The van der Waals surface area contributed by atoms with Gasteiger partial charge in [-0.15, -0.1) is 11.3 Å². The van der Waals surface area contributed by atoms with Gasteiger partial charge >= 0.3 is 0 Å². The number of rotatable bonds is 4. The van der Waals surface area contributed by atoms with Crippen LogP contribution in [-0.2, 0) is 7.05 Å². The Morgan fingerprint density at radius 2 is 2.05 bits per heavy atom. The van der Waals surface area contributed by atoms with E-state index >= 15 is 0 Å². The number of hydrogen-bond donors (Lipinski definition) is 1. The second kappa shape index (κ2) is 6.37. The molecule has 0 unspecified atom stereocenters. The van der Waals surface area contributed by atoms with Crippen LogP contribution in [0.15, 0.2) is 57.2 Å². The highest BCUT2D eigenvalue weighted by molar-refractivity contribution is 8.01. The lowest BCUT2D eigenvalue weighted by Gasteiger charge is -2.06. The number of anilines is 1. The largest absolute Gasteiger partial charge is 0.347 e. The third-order valence-corrected chi connectivity index (χ3v) is 5.16. The van der Waals surface area contributed by atoms with Crippen molar-refractivity contribution >= 4 is 34.7 Å². The number of benzene rings is 1. The van der Waals surface area contributed by atoms with Crippen LogP contribution in [0.5, 0.6) is 0 Å². The van der Waals surface area contributed by atoms with Crippen LogP contribution in [0.25, 0.3) is 0 Å². The van der Waals surface area contributed by atoms with Gasteiger partial charge in [-0.2, -0.15) is 0 Å². The maximum atomic E-state index is 12.1. The highest BCUT2D eigenvalue weighted by Gasteiger charge is 2.09. The number of nitrogens with one attached hydrogen (secondary N) is 1. The molecule has 1 N–H and O–H groups in total. The normalized spacial score (nSPS) is 10.6. The lowest BCUT2D eigenvalue weighted by atomic mass is 10.3. The van der Waals surface area contributed by atoms with Gasteiger partial charge < -0.3 is 9.88 Å². The van der Waals surface area contributed by atoms with Crippen LogP contribution < -0.4 is 5.32 Å². The lowest BCUT2D eigenvalue weighted by Crippen LogP contribution is -2.15. The minimum atomic E-state index is -0.108. The molecule has 112 valence electrons. The van der Waals surface area contributed by atoms with Crippen molar-refractivity contribution in [1.82, 2.24) is 9.55 Å². The minimum absolute atomic E-state index is 0.108. The molecule has 2 heterocycles. The molecule has 4 nitrogen and oxygen atoms in total. The zero-order valence-corrected chi connectivity index (χ0v) is 13.9. The highest BCUT2D eigenvalue weighted by Crippen LogP contribution is 2.30. The van der Waals surface area contributed by atoms with Crippen LogP contribution >= 0.6 is 23.1 Å². The number of nitrogens with zero attached hydrogens (tertiary/aromatic N) is 2. The molecular formula is C16H15N3OS2. The molecule has 0 aliphatic heterocycles. The van der Waals surface area contributed by atoms with Crippen LogP contribution in [-0.4, -0.2) is 15.5 Å². The molecule has 3 rings (SSSR count). The van der Waals surface area contributed by atoms with Gasteiger partial charge in [-0.1, -0.05) is 11.8 Å². The second-order valence-electron chi connectivity index (χ2n) is 4.84. The van der Waals surface area contributed by atoms with E-state index in [1.807, 2.05) is 55.9 Å². The molecule has 0 radical (unpaired) electrons. The topological polar surface area (TPSA) is 46.9 Å². The molecule has 0 spiro atoms. The summed E-state index contributed by atoms with van der Waals surface area (Å²) in [5.74, 6) is -0.108. The zero-order chi connectivity index (χ0) is 15.5. The van der Waals surface area contributed by atoms with E-state index in [9.17, 15) is 4.79 Å². The van der Waals surface area contributed by atoms with Gasteiger partial charge in [-0.05, 0) is 43.3 Å². The van der Waals surface area contributed by atoms with Crippen molar-refractivity contribution in [2.75, 3.05) is 5.32 Å². The summed E-state index contributed by atoms with van der Waals surface area (Å²) in [5.41, 5.74) is 2.46. The van der Waals surface area contributed by atoms with Gasteiger partial charge in [0.1, 0.15) is 5.69 Å². The molecule has 0 saturated carbocycles. The Kier molecular flexibility index (Phi) is 4.31. The Morgan fingerprint density at radius 1 is 1.27 bits per heavy atom. The Labute approximate surface area is 137 Å². The fourth-order valence-electron chi connectivity index (χ4n) is 1.98. The summed E-state index contributed by atoms with van der Waals surface area (Å²) in [6.07, 6.45) is 1.85. The summed E-state index contributed by atoms with van der Waals surface area (Å²) in [6, 6.07) is 11.4. The van der Waals surface area contributed by atoms with Crippen molar-refractivity contribution in [1.29, 1.82) is 0 Å². The number of aromatic nitrogens is 2. The molecule has 22 heavy (non-hydrogen) atoms. The average Bonchev–Trinajstić information content (AvgIpc) is 3.10.